The van der Waals surface area contributed by atoms with Crippen molar-refractivity contribution in [3.8, 4) is 0 Å². The van der Waals surface area contributed by atoms with Gasteiger partial charge in [0.25, 0.3) is 0 Å². The zero-order valence-electron chi connectivity index (χ0n) is 6.15. The minimum atomic E-state index is -1.61. The Balaban J connectivity index is 4.46. The van der Waals surface area contributed by atoms with Gasteiger partial charge in [0.1, 0.15) is 20.0 Å². The van der Waals surface area contributed by atoms with Gasteiger partial charge in [-0.15, -0.1) is 0 Å². The van der Waals surface area contributed by atoms with E-state index in [1.54, 1.807) is 0 Å². The quantitative estimate of drug-likeness (QED) is 0.388. The molecule has 0 spiro atoms. The number of rotatable bonds is 4. The maximum absolute atomic E-state index is 12.1. The molecular formula is C6H10F3NO. The lowest BCUT2D eigenvalue weighted by Crippen LogP contribution is -2.33. The van der Waals surface area contributed by atoms with Crippen LogP contribution in [-0.4, -0.2) is 30.9 Å². The van der Waals surface area contributed by atoms with Gasteiger partial charge in [0.05, 0.1) is 11.1 Å². The van der Waals surface area contributed by atoms with Crippen molar-refractivity contribution in [1.82, 2.24) is 0 Å². The van der Waals surface area contributed by atoms with Crippen LogP contribution in [0.2, 0.25) is 0 Å². The maximum Gasteiger partial charge on any atom is 0.132 e. The number of nitrogens with zero attached hydrogens (tertiary/aromatic N) is 1. The van der Waals surface area contributed by atoms with Crippen LogP contribution in [0.1, 0.15) is 6.92 Å². The van der Waals surface area contributed by atoms with E-state index in [0.29, 0.717) is 0 Å². The Labute approximate surface area is 62.7 Å². The molecule has 0 unspecified atom stereocenters. The summed E-state index contributed by atoms with van der Waals surface area (Å²) >= 11 is 0. The highest BCUT2D eigenvalue weighted by atomic mass is 19.1. The zero-order chi connectivity index (χ0) is 8.91. The van der Waals surface area contributed by atoms with Crippen LogP contribution in [0.25, 0.3) is 0 Å². The van der Waals surface area contributed by atoms with Crippen molar-refractivity contribution in [3.05, 3.63) is 0 Å². The summed E-state index contributed by atoms with van der Waals surface area (Å²) in [6.45, 7) is -2.14. The van der Waals surface area contributed by atoms with Crippen molar-refractivity contribution < 1.29 is 18.4 Å². The summed E-state index contributed by atoms with van der Waals surface area (Å²) in [5.74, 6) is 0. The van der Waals surface area contributed by atoms with Crippen LogP contribution in [0.4, 0.5) is 13.2 Å². The molecule has 0 aromatic rings. The fourth-order valence-electron chi connectivity index (χ4n) is 0.499. The maximum atomic E-state index is 12.1. The molecule has 0 atom stereocenters. The Hall–Kier alpha value is -0.740. The fourth-order valence-corrected chi connectivity index (χ4v) is 0.499. The van der Waals surface area contributed by atoms with Crippen LogP contribution in [0.15, 0.2) is 5.16 Å². The van der Waals surface area contributed by atoms with Gasteiger partial charge < -0.3 is 5.21 Å². The van der Waals surface area contributed by atoms with Crippen molar-refractivity contribution >= 4 is 5.71 Å². The minimum absolute atomic E-state index is 0.498. The summed E-state index contributed by atoms with van der Waals surface area (Å²) < 4.78 is 36.0. The van der Waals surface area contributed by atoms with Gasteiger partial charge in [0.15, 0.2) is 0 Å². The molecule has 0 aliphatic carbocycles. The molecule has 0 aromatic carbocycles. The van der Waals surface area contributed by atoms with E-state index >= 15 is 0 Å². The smallest absolute Gasteiger partial charge is 0.132 e. The molecule has 5 heteroatoms. The molecule has 0 bridgehead atoms. The Morgan fingerprint density at radius 3 is 1.91 bits per heavy atom. The highest BCUT2D eigenvalue weighted by Gasteiger charge is 2.31. The predicted molar refractivity (Wildman–Crippen MR) is 35.3 cm³/mol. The van der Waals surface area contributed by atoms with Crippen molar-refractivity contribution in [2.75, 3.05) is 20.0 Å². The second kappa shape index (κ2) is 4.20. The molecule has 0 aliphatic heterocycles. The molecule has 0 aromatic heterocycles. The first kappa shape index (κ1) is 10.3. The van der Waals surface area contributed by atoms with E-state index in [1.165, 1.54) is 0 Å². The Morgan fingerprint density at radius 2 is 1.82 bits per heavy atom. The lowest BCUT2D eigenvalue weighted by Gasteiger charge is -2.20. The van der Waals surface area contributed by atoms with Gasteiger partial charge in [-0.2, -0.15) is 0 Å². The van der Waals surface area contributed by atoms with Gasteiger partial charge in [0, 0.05) is 0 Å². The summed E-state index contributed by atoms with van der Waals surface area (Å²) in [5, 5.41) is 10.6. The van der Waals surface area contributed by atoms with Crippen molar-refractivity contribution in [1.29, 1.82) is 0 Å². The number of oxime groups is 1. The summed E-state index contributed by atoms with van der Waals surface area (Å²) in [6, 6.07) is 0. The summed E-state index contributed by atoms with van der Waals surface area (Å²) in [7, 11) is 0. The molecule has 0 aliphatic rings. The van der Waals surface area contributed by atoms with Crippen LogP contribution in [0.5, 0.6) is 0 Å². The highest BCUT2D eigenvalue weighted by Crippen LogP contribution is 2.20. The third-order valence-electron chi connectivity index (χ3n) is 1.53. The largest absolute Gasteiger partial charge is 0.411 e. The highest BCUT2D eigenvalue weighted by molar-refractivity contribution is 5.90. The van der Waals surface area contributed by atoms with Crippen molar-refractivity contribution in [2.24, 2.45) is 10.6 Å². The standard InChI is InChI=1S/C6H10F3NO/c1-6(3-8,4-9)5(2-7)10-11/h11H,2-4H2,1H3/b10-5-. The van der Waals surface area contributed by atoms with Gasteiger partial charge in [-0.05, 0) is 6.92 Å². The number of hydrogen-bond acceptors (Lipinski definition) is 2. The third-order valence-corrected chi connectivity index (χ3v) is 1.53. The molecular weight excluding hydrogens is 159 g/mol. The van der Waals surface area contributed by atoms with Crippen molar-refractivity contribution in [3.63, 3.8) is 0 Å². The van der Waals surface area contributed by atoms with Gasteiger partial charge in [-0.25, -0.2) is 13.2 Å². The van der Waals surface area contributed by atoms with E-state index in [2.05, 4.69) is 5.16 Å². The van der Waals surface area contributed by atoms with E-state index in [0.717, 1.165) is 6.92 Å². The van der Waals surface area contributed by atoms with E-state index in [4.69, 9.17) is 5.21 Å². The second-order valence-electron chi connectivity index (χ2n) is 2.51. The number of alkyl halides is 3. The van der Waals surface area contributed by atoms with Crippen LogP contribution < -0.4 is 0 Å². The van der Waals surface area contributed by atoms with Crippen LogP contribution >= 0.6 is 0 Å². The fraction of sp³-hybridized carbons (Fsp3) is 0.833. The average molecular weight is 169 g/mol. The third kappa shape index (κ3) is 2.10. The monoisotopic (exact) mass is 169 g/mol. The first-order valence-electron chi connectivity index (χ1n) is 3.04. The topological polar surface area (TPSA) is 32.6 Å². The van der Waals surface area contributed by atoms with Crippen molar-refractivity contribution in [2.45, 2.75) is 6.92 Å². The SMILES string of the molecule is CC(CF)(CF)/C(CF)=N\O. The van der Waals surface area contributed by atoms with Crippen LogP contribution in [-0.2, 0) is 0 Å². The molecule has 0 radical (unpaired) electrons. The normalized spacial score (nSPS) is 13.6. The molecule has 0 heterocycles. The summed E-state index contributed by atoms with van der Waals surface area (Å²) in [4.78, 5) is 0. The molecule has 66 valence electrons. The van der Waals surface area contributed by atoms with E-state index < -0.39 is 31.2 Å². The van der Waals surface area contributed by atoms with Gasteiger partial charge >= 0.3 is 0 Å². The minimum Gasteiger partial charge on any atom is -0.411 e. The Morgan fingerprint density at radius 1 is 1.36 bits per heavy atom. The van der Waals surface area contributed by atoms with E-state index in [1.807, 2.05) is 0 Å². The average Bonchev–Trinajstić information content (AvgIpc) is 2.06. The Bertz CT molecular complexity index is 145. The van der Waals surface area contributed by atoms with Gasteiger partial charge in [-0.1, -0.05) is 5.16 Å². The lowest BCUT2D eigenvalue weighted by atomic mass is 9.89. The molecule has 11 heavy (non-hydrogen) atoms. The van der Waals surface area contributed by atoms with Gasteiger partial charge in [-0.3, -0.25) is 0 Å². The first-order valence-corrected chi connectivity index (χ1v) is 3.04. The summed E-state index contributed by atoms with van der Waals surface area (Å²) in [6.07, 6.45) is 0. The lowest BCUT2D eigenvalue weighted by molar-refractivity contribution is 0.229. The molecule has 1 N–H and O–H groups in total. The Kier molecular flexibility index (Phi) is 3.92. The molecule has 0 saturated carbocycles. The molecule has 0 fully saturated rings. The number of halogens is 3. The molecule has 0 rings (SSSR count). The summed E-state index contributed by atoms with van der Waals surface area (Å²) in [5.41, 5.74) is -2.11. The number of hydrogen-bond donors (Lipinski definition) is 1. The van der Waals surface area contributed by atoms with E-state index in [-0.39, 0.29) is 0 Å². The van der Waals surface area contributed by atoms with E-state index in [9.17, 15) is 13.2 Å². The predicted octanol–water partition coefficient (Wildman–Crippen LogP) is 1.73. The zero-order valence-corrected chi connectivity index (χ0v) is 6.15. The second-order valence-corrected chi connectivity index (χ2v) is 2.51. The molecule has 0 amide bonds. The van der Waals surface area contributed by atoms with Crippen LogP contribution in [0, 0.1) is 5.41 Å². The molecule has 2 nitrogen and oxygen atoms in total. The first-order chi connectivity index (χ1) is 5.14. The van der Waals surface area contributed by atoms with Gasteiger partial charge in [0.2, 0.25) is 0 Å². The van der Waals surface area contributed by atoms with Crippen LogP contribution in [0.3, 0.4) is 0 Å². The molecule has 0 saturated heterocycles.